The Kier molecular flexibility index (Phi) is 4.28. The zero-order valence-corrected chi connectivity index (χ0v) is 7.33. The fourth-order valence-corrected chi connectivity index (χ4v) is 0.516. The molecule has 0 aliphatic rings. The zero-order chi connectivity index (χ0) is 11.4. The van der Waals surface area contributed by atoms with E-state index in [2.05, 4.69) is 4.74 Å². The van der Waals surface area contributed by atoms with E-state index in [0.29, 0.717) is 6.42 Å². The summed E-state index contributed by atoms with van der Waals surface area (Å²) >= 11 is 0. The van der Waals surface area contributed by atoms with Crippen LogP contribution < -0.4 is 0 Å². The number of unbranched alkanes of at least 4 members (excludes halogenated alkanes) is 1. The van der Waals surface area contributed by atoms with Crippen molar-refractivity contribution < 1.29 is 31.5 Å². The minimum Gasteiger partial charge on any atom is -0.461 e. The Balaban J connectivity index is 4.23. The van der Waals surface area contributed by atoms with E-state index in [9.17, 15) is 26.7 Å². The van der Waals surface area contributed by atoms with E-state index >= 15 is 0 Å². The molecule has 0 rings (SSSR count). The maximum absolute atomic E-state index is 12.2. The van der Waals surface area contributed by atoms with Crippen LogP contribution in [0.5, 0.6) is 0 Å². The number of hydrogen-bond donors (Lipinski definition) is 0. The molecule has 0 aliphatic heterocycles. The highest BCUT2D eigenvalue weighted by molar-refractivity contribution is 5.78. The van der Waals surface area contributed by atoms with E-state index in [0.717, 1.165) is 0 Å². The van der Waals surface area contributed by atoms with Gasteiger partial charge >= 0.3 is 18.1 Å². The van der Waals surface area contributed by atoms with Crippen LogP contribution >= 0.6 is 0 Å². The third-order valence-corrected chi connectivity index (χ3v) is 1.34. The van der Waals surface area contributed by atoms with Crippen molar-refractivity contribution in [3.8, 4) is 0 Å². The van der Waals surface area contributed by atoms with Gasteiger partial charge in [0.05, 0.1) is 6.61 Å². The van der Waals surface area contributed by atoms with Gasteiger partial charge in [-0.05, 0) is 6.42 Å². The molecule has 0 N–H and O–H groups in total. The number of ether oxygens (including phenoxy) is 1. The van der Waals surface area contributed by atoms with Crippen molar-refractivity contribution in [3.05, 3.63) is 0 Å². The van der Waals surface area contributed by atoms with Crippen molar-refractivity contribution in [1.82, 2.24) is 0 Å². The molecule has 0 fully saturated rings. The van der Waals surface area contributed by atoms with Crippen molar-refractivity contribution in [3.63, 3.8) is 0 Å². The van der Waals surface area contributed by atoms with Crippen LogP contribution in [0.4, 0.5) is 22.0 Å². The maximum atomic E-state index is 12.2. The van der Waals surface area contributed by atoms with Crippen LogP contribution in [0.1, 0.15) is 19.8 Å². The van der Waals surface area contributed by atoms with E-state index in [1.54, 1.807) is 6.92 Å². The molecule has 0 spiro atoms. The van der Waals surface area contributed by atoms with Crippen molar-refractivity contribution >= 4 is 5.97 Å². The number of halogens is 5. The Morgan fingerprint density at radius 1 is 1.21 bits per heavy atom. The van der Waals surface area contributed by atoms with Crippen molar-refractivity contribution in [2.45, 2.75) is 31.9 Å². The SMILES string of the molecule is CCCCOC(=O)C(F)(F)C(F)(F)F. The molecular weight excluding hydrogens is 211 g/mol. The average molecular weight is 220 g/mol. The van der Waals surface area contributed by atoms with Gasteiger partial charge in [0.1, 0.15) is 0 Å². The van der Waals surface area contributed by atoms with Crippen molar-refractivity contribution in [2.24, 2.45) is 0 Å². The summed E-state index contributed by atoms with van der Waals surface area (Å²) in [5.74, 6) is -7.96. The topological polar surface area (TPSA) is 26.3 Å². The molecule has 0 atom stereocenters. The Morgan fingerprint density at radius 3 is 2.07 bits per heavy atom. The fraction of sp³-hybridized carbons (Fsp3) is 0.857. The Bertz CT molecular complexity index is 199. The second-order valence-electron chi connectivity index (χ2n) is 2.56. The molecule has 0 aromatic heterocycles. The molecule has 0 saturated carbocycles. The van der Waals surface area contributed by atoms with Gasteiger partial charge in [-0.1, -0.05) is 13.3 Å². The van der Waals surface area contributed by atoms with E-state index in [1.165, 1.54) is 0 Å². The van der Waals surface area contributed by atoms with Crippen LogP contribution in [0.2, 0.25) is 0 Å². The zero-order valence-electron chi connectivity index (χ0n) is 7.33. The van der Waals surface area contributed by atoms with Gasteiger partial charge in [0.15, 0.2) is 0 Å². The van der Waals surface area contributed by atoms with Gasteiger partial charge in [-0.3, -0.25) is 0 Å². The maximum Gasteiger partial charge on any atom is 0.465 e. The summed E-state index contributed by atoms with van der Waals surface area (Å²) in [7, 11) is 0. The summed E-state index contributed by atoms with van der Waals surface area (Å²) in [6.07, 6.45) is -5.11. The lowest BCUT2D eigenvalue weighted by Crippen LogP contribution is -2.45. The van der Waals surface area contributed by atoms with Gasteiger partial charge in [-0.2, -0.15) is 22.0 Å². The summed E-state index contributed by atoms with van der Waals surface area (Å²) in [5.41, 5.74) is 0. The predicted molar refractivity (Wildman–Crippen MR) is 36.9 cm³/mol. The minimum atomic E-state index is -5.89. The summed E-state index contributed by atoms with van der Waals surface area (Å²) in [6.45, 7) is 1.25. The first-order valence-corrected chi connectivity index (χ1v) is 3.85. The first-order chi connectivity index (χ1) is 6.23. The Morgan fingerprint density at radius 2 is 1.71 bits per heavy atom. The van der Waals surface area contributed by atoms with E-state index in [-0.39, 0.29) is 6.42 Å². The first kappa shape index (κ1) is 13.1. The van der Waals surface area contributed by atoms with E-state index in [1.807, 2.05) is 0 Å². The quantitative estimate of drug-likeness (QED) is 0.413. The summed E-state index contributed by atoms with van der Waals surface area (Å²) in [4.78, 5) is 10.3. The molecule has 0 heterocycles. The molecule has 0 aromatic carbocycles. The molecule has 0 amide bonds. The lowest BCUT2D eigenvalue weighted by atomic mass is 10.3. The van der Waals surface area contributed by atoms with Crippen LogP contribution in [0.25, 0.3) is 0 Å². The Labute approximate surface area is 77.0 Å². The van der Waals surface area contributed by atoms with Crippen LogP contribution in [-0.4, -0.2) is 24.7 Å². The number of esters is 1. The lowest BCUT2D eigenvalue weighted by Gasteiger charge is -2.17. The summed E-state index contributed by atoms with van der Waals surface area (Å²) < 4.78 is 62.7. The van der Waals surface area contributed by atoms with Gasteiger partial charge < -0.3 is 4.74 Å². The number of carbonyl (C=O) groups excluding carboxylic acids is 1. The van der Waals surface area contributed by atoms with Crippen LogP contribution in [0, 0.1) is 0 Å². The second kappa shape index (κ2) is 4.56. The smallest absolute Gasteiger partial charge is 0.461 e. The van der Waals surface area contributed by atoms with E-state index < -0.39 is 24.7 Å². The molecule has 0 saturated heterocycles. The minimum absolute atomic E-state index is 0.250. The average Bonchev–Trinajstić information content (AvgIpc) is 2.02. The molecule has 2 nitrogen and oxygen atoms in total. The van der Waals surface area contributed by atoms with Crippen LogP contribution in [0.3, 0.4) is 0 Å². The van der Waals surface area contributed by atoms with Crippen molar-refractivity contribution in [1.29, 1.82) is 0 Å². The summed E-state index contributed by atoms with van der Waals surface area (Å²) in [6, 6.07) is 0. The van der Waals surface area contributed by atoms with Crippen molar-refractivity contribution in [2.75, 3.05) is 6.61 Å². The van der Waals surface area contributed by atoms with Gasteiger partial charge in [0, 0.05) is 0 Å². The highest BCUT2D eigenvalue weighted by atomic mass is 19.4. The molecule has 7 heteroatoms. The predicted octanol–water partition coefficient (Wildman–Crippen LogP) is 2.53. The van der Waals surface area contributed by atoms with Gasteiger partial charge in [-0.15, -0.1) is 0 Å². The monoisotopic (exact) mass is 220 g/mol. The molecule has 14 heavy (non-hydrogen) atoms. The third kappa shape index (κ3) is 3.12. The normalized spacial score (nSPS) is 12.7. The fourth-order valence-electron chi connectivity index (χ4n) is 0.516. The largest absolute Gasteiger partial charge is 0.465 e. The number of rotatable bonds is 4. The molecule has 0 aliphatic carbocycles. The molecule has 84 valence electrons. The Hall–Kier alpha value is -0.880. The number of carbonyl (C=O) groups is 1. The number of hydrogen-bond acceptors (Lipinski definition) is 2. The van der Waals surface area contributed by atoms with Gasteiger partial charge in [-0.25, -0.2) is 4.79 Å². The molecule has 0 radical (unpaired) electrons. The lowest BCUT2D eigenvalue weighted by molar-refractivity contribution is -0.280. The third-order valence-electron chi connectivity index (χ3n) is 1.34. The van der Waals surface area contributed by atoms with Crippen LogP contribution in [-0.2, 0) is 9.53 Å². The summed E-state index contributed by atoms with van der Waals surface area (Å²) in [5, 5.41) is 0. The second-order valence-corrected chi connectivity index (χ2v) is 2.56. The van der Waals surface area contributed by atoms with Crippen LogP contribution in [0.15, 0.2) is 0 Å². The first-order valence-electron chi connectivity index (χ1n) is 3.85. The van der Waals surface area contributed by atoms with Gasteiger partial charge in [0.25, 0.3) is 0 Å². The highest BCUT2D eigenvalue weighted by Gasteiger charge is 2.64. The molecule has 0 unspecified atom stereocenters. The molecule has 0 aromatic rings. The number of alkyl halides is 5. The molecular formula is C7H9F5O2. The highest BCUT2D eigenvalue weighted by Crippen LogP contribution is 2.36. The van der Waals surface area contributed by atoms with E-state index in [4.69, 9.17) is 0 Å². The standard InChI is InChI=1S/C7H9F5O2/c1-2-3-4-14-5(13)6(8,9)7(10,11)12/h2-4H2,1H3. The van der Waals surface area contributed by atoms with Gasteiger partial charge in [0.2, 0.25) is 0 Å². The molecule has 0 bridgehead atoms.